The first-order chi connectivity index (χ1) is 2.64. The molecule has 0 aromatic heterocycles. The molecule has 0 aliphatic carbocycles. The first-order valence-corrected chi connectivity index (χ1v) is 1.95. The van der Waals surface area contributed by atoms with Gasteiger partial charge >= 0.3 is 51.5 Å². The Morgan fingerprint density at radius 3 is 2.14 bits per heavy atom. The zero-order valence-corrected chi connectivity index (χ0v) is 8.25. The predicted molar refractivity (Wildman–Crippen MR) is 30.9 cm³/mol. The number of rotatable bonds is 1. The summed E-state index contributed by atoms with van der Waals surface area (Å²) in [7, 11) is 0. The van der Waals surface area contributed by atoms with Crippen LogP contribution in [-0.4, -0.2) is 61.9 Å². The minimum absolute atomic E-state index is 0. The van der Waals surface area contributed by atoms with E-state index in [9.17, 15) is 4.79 Å². The fraction of sp³-hybridized carbons (Fsp3) is 0.667. The van der Waals surface area contributed by atoms with E-state index in [4.69, 9.17) is 16.7 Å². The second-order valence-corrected chi connectivity index (χ2v) is 1.61. The molecule has 0 aromatic carbocycles. The van der Waals surface area contributed by atoms with Crippen LogP contribution >= 0.6 is 11.6 Å². The molecule has 40 valence electrons. The van der Waals surface area contributed by atoms with Gasteiger partial charge in [-0.3, -0.25) is 4.79 Å². The standard InChI is InChI=1S/C3H5ClO2.Sr.2H/c1-2(4)3(5)6;;;/h2H,1H3,(H,5,6);;;/q;+2;2*-1. The zero-order valence-electron chi connectivity index (χ0n) is 6.02. The van der Waals surface area contributed by atoms with Gasteiger partial charge in [-0.15, -0.1) is 11.6 Å². The SMILES string of the molecule is CC(Cl)C(=O)O.[H-].[H-].[Sr+2]. The Morgan fingerprint density at radius 2 is 2.14 bits per heavy atom. The Kier molecular flexibility index (Phi) is 8.52. The van der Waals surface area contributed by atoms with Gasteiger partial charge < -0.3 is 7.96 Å². The molecule has 1 N–H and O–H groups in total. The van der Waals surface area contributed by atoms with Crippen LogP contribution in [0.15, 0.2) is 0 Å². The van der Waals surface area contributed by atoms with E-state index in [2.05, 4.69) is 0 Å². The van der Waals surface area contributed by atoms with Crippen LogP contribution < -0.4 is 0 Å². The van der Waals surface area contributed by atoms with Gasteiger partial charge in [-0.1, -0.05) is 0 Å². The van der Waals surface area contributed by atoms with Crippen molar-refractivity contribution in [2.24, 2.45) is 0 Å². The van der Waals surface area contributed by atoms with Gasteiger partial charge in [0.15, 0.2) is 0 Å². The van der Waals surface area contributed by atoms with Crippen LogP contribution in [0.25, 0.3) is 0 Å². The van der Waals surface area contributed by atoms with E-state index in [1.807, 2.05) is 0 Å². The van der Waals surface area contributed by atoms with Crippen molar-refractivity contribution in [2.45, 2.75) is 12.3 Å². The Labute approximate surface area is 87.1 Å². The maximum absolute atomic E-state index is 9.57. The summed E-state index contributed by atoms with van der Waals surface area (Å²) in [6, 6.07) is 0. The summed E-state index contributed by atoms with van der Waals surface area (Å²) in [5.74, 6) is -0.975. The van der Waals surface area contributed by atoms with Crippen LogP contribution in [0.4, 0.5) is 0 Å². The van der Waals surface area contributed by atoms with Gasteiger partial charge in [-0.2, -0.15) is 0 Å². The summed E-state index contributed by atoms with van der Waals surface area (Å²) in [4.78, 5) is 9.57. The summed E-state index contributed by atoms with van der Waals surface area (Å²) in [5, 5.41) is 7.10. The molecule has 0 spiro atoms. The molecule has 4 heteroatoms. The maximum atomic E-state index is 9.57. The maximum Gasteiger partial charge on any atom is 2.00 e. The first kappa shape index (κ1) is 11.1. The minimum atomic E-state index is -0.975. The van der Waals surface area contributed by atoms with Crippen LogP contribution in [0.3, 0.4) is 0 Å². The van der Waals surface area contributed by atoms with E-state index in [1.54, 1.807) is 0 Å². The summed E-state index contributed by atoms with van der Waals surface area (Å²) in [6.07, 6.45) is 0. The first-order valence-electron chi connectivity index (χ1n) is 1.51. The molecular formula is C3H7ClO2Sr. The molecule has 7 heavy (non-hydrogen) atoms. The average molecular weight is 198 g/mol. The molecular weight excluding hydrogens is 191 g/mol. The van der Waals surface area contributed by atoms with Gasteiger partial charge in [0.05, 0.1) is 0 Å². The number of carbonyl (C=O) groups is 1. The van der Waals surface area contributed by atoms with Crippen molar-refractivity contribution < 1.29 is 12.8 Å². The number of hydrogen-bond donors (Lipinski definition) is 1. The molecule has 0 fully saturated rings. The van der Waals surface area contributed by atoms with Gasteiger partial charge in [0.1, 0.15) is 5.38 Å². The Hall–Kier alpha value is 1.24. The molecule has 0 rings (SSSR count). The number of alkyl halides is 1. The third-order valence-electron chi connectivity index (χ3n) is 0.340. The molecule has 0 aliphatic heterocycles. The van der Waals surface area contributed by atoms with Crippen molar-refractivity contribution in [3.8, 4) is 0 Å². The molecule has 0 saturated carbocycles. The van der Waals surface area contributed by atoms with E-state index < -0.39 is 11.3 Å². The van der Waals surface area contributed by atoms with Crippen LogP contribution in [0.1, 0.15) is 9.78 Å². The third-order valence-corrected chi connectivity index (χ3v) is 0.527. The molecule has 0 bridgehead atoms. The topological polar surface area (TPSA) is 37.3 Å². The third kappa shape index (κ3) is 7.24. The quantitative estimate of drug-likeness (QED) is 0.493. The molecule has 1 unspecified atom stereocenters. The molecule has 0 aromatic rings. The average Bonchev–Trinajstić information content (AvgIpc) is 1.36. The van der Waals surface area contributed by atoms with Crippen molar-refractivity contribution in [1.82, 2.24) is 0 Å². The van der Waals surface area contributed by atoms with Crippen molar-refractivity contribution >= 4 is 63.1 Å². The van der Waals surface area contributed by atoms with Crippen LogP contribution in [0.2, 0.25) is 0 Å². The number of carboxylic acid groups (broad SMARTS) is 1. The molecule has 0 aliphatic rings. The van der Waals surface area contributed by atoms with E-state index in [0.717, 1.165) is 0 Å². The van der Waals surface area contributed by atoms with Gasteiger partial charge in [0.2, 0.25) is 0 Å². The number of halogens is 1. The van der Waals surface area contributed by atoms with Crippen LogP contribution in [0, 0.1) is 0 Å². The van der Waals surface area contributed by atoms with E-state index in [-0.39, 0.29) is 48.3 Å². The summed E-state index contributed by atoms with van der Waals surface area (Å²) in [6.45, 7) is 1.41. The summed E-state index contributed by atoms with van der Waals surface area (Å²) >= 11 is 5.01. The predicted octanol–water partition coefficient (Wildman–Crippen LogP) is 0.542. The Bertz CT molecular complexity index is 70.8. The van der Waals surface area contributed by atoms with Gasteiger partial charge in [-0.25, -0.2) is 0 Å². The van der Waals surface area contributed by atoms with E-state index in [0.29, 0.717) is 0 Å². The second-order valence-electron chi connectivity index (χ2n) is 0.954. The molecule has 0 saturated heterocycles. The van der Waals surface area contributed by atoms with Crippen molar-refractivity contribution in [3.63, 3.8) is 0 Å². The zero-order chi connectivity index (χ0) is 5.15. The Balaban J connectivity index is -0.0000000417. The molecule has 1 atom stereocenters. The largest absolute Gasteiger partial charge is 2.00 e. The second kappa shape index (κ2) is 5.38. The molecule has 2 nitrogen and oxygen atoms in total. The summed E-state index contributed by atoms with van der Waals surface area (Å²) < 4.78 is 0. The van der Waals surface area contributed by atoms with Crippen molar-refractivity contribution in [3.05, 3.63) is 0 Å². The van der Waals surface area contributed by atoms with Gasteiger partial charge in [0, 0.05) is 0 Å². The number of hydrogen-bond acceptors (Lipinski definition) is 1. The summed E-state index contributed by atoms with van der Waals surface area (Å²) in [5.41, 5.74) is 0. The molecule has 0 radical (unpaired) electrons. The van der Waals surface area contributed by atoms with Crippen LogP contribution in [0.5, 0.6) is 0 Å². The van der Waals surface area contributed by atoms with E-state index >= 15 is 0 Å². The minimum Gasteiger partial charge on any atom is -1.00 e. The number of carboxylic acids is 1. The monoisotopic (exact) mass is 198 g/mol. The van der Waals surface area contributed by atoms with Gasteiger partial charge in [0.25, 0.3) is 0 Å². The van der Waals surface area contributed by atoms with Crippen LogP contribution in [-0.2, 0) is 4.79 Å². The van der Waals surface area contributed by atoms with Crippen molar-refractivity contribution in [2.75, 3.05) is 0 Å². The van der Waals surface area contributed by atoms with Crippen molar-refractivity contribution in [1.29, 1.82) is 0 Å². The Morgan fingerprint density at radius 1 is 2.00 bits per heavy atom. The fourth-order valence-electron chi connectivity index (χ4n) is 0. The van der Waals surface area contributed by atoms with Gasteiger partial charge in [-0.05, 0) is 6.92 Å². The molecule has 0 amide bonds. The fourth-order valence-corrected chi connectivity index (χ4v) is 0. The molecule has 0 heterocycles. The number of aliphatic carboxylic acids is 1. The normalized spacial score (nSPS) is 11.7. The smallest absolute Gasteiger partial charge is 1.00 e. The van der Waals surface area contributed by atoms with E-state index in [1.165, 1.54) is 6.92 Å².